The summed E-state index contributed by atoms with van der Waals surface area (Å²) in [4.78, 5) is 17.0. The summed E-state index contributed by atoms with van der Waals surface area (Å²) < 4.78 is 2.38. The van der Waals surface area contributed by atoms with Crippen LogP contribution in [-0.2, 0) is 0 Å². The Balaban J connectivity index is 2.38. The molecule has 0 unspecified atom stereocenters. The minimum Gasteiger partial charge on any atom is -0.387 e. The summed E-state index contributed by atoms with van der Waals surface area (Å²) >= 11 is 9.69. The van der Waals surface area contributed by atoms with E-state index in [1.165, 1.54) is 0 Å². The van der Waals surface area contributed by atoms with Crippen LogP contribution in [0, 0.1) is 0 Å². The van der Waals surface area contributed by atoms with Gasteiger partial charge in [0.15, 0.2) is 0 Å². The van der Waals surface area contributed by atoms with E-state index >= 15 is 0 Å². The number of nitrogens with one attached hydrogen (secondary N) is 1. The van der Waals surface area contributed by atoms with Gasteiger partial charge in [-0.3, -0.25) is 4.57 Å². The molecule has 0 fully saturated rings. The minimum absolute atomic E-state index is 0.217. The number of rotatable bonds is 3. The molecule has 0 bridgehead atoms. The summed E-state index contributed by atoms with van der Waals surface area (Å²) in [6.45, 7) is 0. The van der Waals surface area contributed by atoms with Gasteiger partial charge in [-0.1, -0.05) is 23.7 Å². The number of anilines is 1. The summed E-state index contributed by atoms with van der Waals surface area (Å²) in [7, 11) is 6.07. The third-order valence-electron chi connectivity index (χ3n) is 3.44. The van der Waals surface area contributed by atoms with E-state index in [2.05, 4.69) is 26.2 Å². The highest BCUT2D eigenvalue weighted by Gasteiger charge is 2.18. The van der Waals surface area contributed by atoms with Gasteiger partial charge >= 0.3 is 5.69 Å². The predicted octanol–water partition coefficient (Wildman–Crippen LogP) is 0.724. The van der Waals surface area contributed by atoms with Crippen LogP contribution in [0.1, 0.15) is 0 Å². The summed E-state index contributed by atoms with van der Waals surface area (Å²) in [5.41, 5.74) is 1.08. The number of aromatic nitrogens is 2. The van der Waals surface area contributed by atoms with Crippen molar-refractivity contribution in [3.05, 3.63) is 62.4 Å². The van der Waals surface area contributed by atoms with E-state index in [-0.39, 0.29) is 10.9 Å². The van der Waals surface area contributed by atoms with Crippen LogP contribution in [0.2, 0.25) is 5.02 Å². The second-order valence-corrected chi connectivity index (χ2v) is 7.86. The van der Waals surface area contributed by atoms with Gasteiger partial charge in [-0.05, 0) is 51.5 Å². The zero-order chi connectivity index (χ0) is 17.5. The maximum atomic E-state index is 12.8. The fourth-order valence-electron chi connectivity index (χ4n) is 2.52. The molecule has 4 nitrogen and oxygen atoms in total. The topological polar surface area (TPSA) is 46.9 Å². The van der Waals surface area contributed by atoms with Gasteiger partial charge in [-0.2, -0.15) is 4.98 Å². The summed E-state index contributed by atoms with van der Waals surface area (Å²) in [5.74, 6) is 0.558. The Labute approximate surface area is 156 Å². The van der Waals surface area contributed by atoms with E-state index in [0.717, 1.165) is 15.5 Å². The molecule has 0 radical (unpaired) electrons. The van der Waals surface area contributed by atoms with Crippen molar-refractivity contribution in [3.63, 3.8) is 0 Å². The Morgan fingerprint density at radius 1 is 1.17 bits per heavy atom. The second kappa shape index (κ2) is 6.33. The SMILES string of the molecule is BC(B)(B)Nc1nc(=O)n(-c2ccccc2Br)c2cc(Cl)ccc12. The highest BCUT2D eigenvalue weighted by atomic mass is 79.9. The Kier molecular flexibility index (Phi) is 4.53. The quantitative estimate of drug-likeness (QED) is 0.660. The lowest BCUT2D eigenvalue weighted by molar-refractivity contribution is 0.952. The average Bonchev–Trinajstić information content (AvgIpc) is 2.47. The van der Waals surface area contributed by atoms with Crippen molar-refractivity contribution >= 4 is 67.8 Å². The molecule has 2 aromatic carbocycles. The van der Waals surface area contributed by atoms with Gasteiger partial charge in [0, 0.05) is 14.9 Å². The molecule has 0 aliphatic carbocycles. The lowest BCUT2D eigenvalue weighted by Gasteiger charge is -2.23. The molecule has 1 N–H and O–H groups in total. The van der Waals surface area contributed by atoms with Crippen LogP contribution < -0.4 is 11.0 Å². The normalized spacial score (nSPS) is 11.6. The highest BCUT2D eigenvalue weighted by Crippen LogP contribution is 2.28. The van der Waals surface area contributed by atoms with Gasteiger partial charge in [-0.15, -0.1) is 0 Å². The first-order valence-electron chi connectivity index (χ1n) is 7.52. The summed E-state index contributed by atoms with van der Waals surface area (Å²) in [5, 5.41) is 4.48. The van der Waals surface area contributed by atoms with E-state index in [0.29, 0.717) is 16.4 Å². The number of benzene rings is 2. The Morgan fingerprint density at radius 3 is 2.54 bits per heavy atom. The smallest absolute Gasteiger partial charge is 0.354 e. The zero-order valence-corrected chi connectivity index (χ0v) is 15.9. The molecule has 24 heavy (non-hydrogen) atoms. The van der Waals surface area contributed by atoms with E-state index in [1.54, 1.807) is 16.7 Å². The van der Waals surface area contributed by atoms with Crippen molar-refractivity contribution in [2.45, 2.75) is 5.24 Å². The lowest BCUT2D eigenvalue weighted by Crippen LogP contribution is -2.41. The van der Waals surface area contributed by atoms with Crippen LogP contribution in [0.5, 0.6) is 0 Å². The zero-order valence-electron chi connectivity index (χ0n) is 13.6. The molecule has 0 aliphatic heterocycles. The van der Waals surface area contributed by atoms with Crippen LogP contribution in [0.4, 0.5) is 5.82 Å². The largest absolute Gasteiger partial charge is 0.387 e. The summed E-state index contributed by atoms with van der Waals surface area (Å²) in [6, 6.07) is 13.0. The van der Waals surface area contributed by atoms with Crippen molar-refractivity contribution in [2.24, 2.45) is 0 Å². The highest BCUT2D eigenvalue weighted by molar-refractivity contribution is 9.10. The van der Waals surface area contributed by atoms with Crippen LogP contribution >= 0.6 is 27.5 Å². The maximum Gasteiger partial charge on any atom is 0.354 e. The molecule has 3 aromatic rings. The minimum atomic E-state index is -0.358. The first-order valence-corrected chi connectivity index (χ1v) is 8.69. The molecule has 3 rings (SSSR count). The number of fused-ring (bicyclic) bond motifs is 1. The van der Waals surface area contributed by atoms with E-state index in [1.807, 2.05) is 53.9 Å². The molecular weight excluding hydrogens is 386 g/mol. The lowest BCUT2D eigenvalue weighted by atomic mass is 9.49. The first-order chi connectivity index (χ1) is 11.3. The Hall–Kier alpha value is -1.66. The molecule has 1 heterocycles. The van der Waals surface area contributed by atoms with Crippen molar-refractivity contribution in [1.82, 2.24) is 9.55 Å². The molecule has 118 valence electrons. The van der Waals surface area contributed by atoms with Crippen molar-refractivity contribution in [3.8, 4) is 5.69 Å². The predicted molar refractivity (Wildman–Crippen MR) is 112 cm³/mol. The Bertz CT molecular complexity index is 988. The van der Waals surface area contributed by atoms with Gasteiger partial charge in [0.1, 0.15) is 29.4 Å². The van der Waals surface area contributed by atoms with E-state index < -0.39 is 0 Å². The molecule has 0 saturated carbocycles. The number of halogens is 2. The van der Waals surface area contributed by atoms with Crippen LogP contribution in [0.3, 0.4) is 0 Å². The van der Waals surface area contributed by atoms with Gasteiger partial charge in [0.05, 0.1) is 11.2 Å². The molecule has 0 saturated heterocycles. The van der Waals surface area contributed by atoms with Crippen LogP contribution in [0.25, 0.3) is 16.6 Å². The molecular formula is C15H14B3BrClN3O. The average molecular weight is 400 g/mol. The monoisotopic (exact) mass is 399 g/mol. The third-order valence-corrected chi connectivity index (χ3v) is 4.35. The number of para-hydroxylation sites is 1. The fourth-order valence-corrected chi connectivity index (χ4v) is 3.14. The van der Waals surface area contributed by atoms with Crippen LogP contribution in [0.15, 0.2) is 51.7 Å². The number of nitrogens with zero attached hydrogens (tertiary/aromatic N) is 2. The molecule has 0 aliphatic rings. The summed E-state index contributed by atoms with van der Waals surface area (Å²) in [6.07, 6.45) is 0. The first kappa shape index (κ1) is 17.2. The van der Waals surface area contributed by atoms with Gasteiger partial charge < -0.3 is 5.32 Å². The Morgan fingerprint density at radius 2 is 1.88 bits per heavy atom. The molecule has 0 spiro atoms. The van der Waals surface area contributed by atoms with Crippen LogP contribution in [-0.4, -0.2) is 38.3 Å². The maximum absolute atomic E-state index is 12.8. The molecule has 1 aromatic heterocycles. The second-order valence-electron chi connectivity index (χ2n) is 6.57. The van der Waals surface area contributed by atoms with Crippen molar-refractivity contribution in [1.29, 1.82) is 0 Å². The fraction of sp³-hybridized carbons (Fsp3) is 0.0667. The van der Waals surface area contributed by atoms with Gasteiger partial charge in [0.25, 0.3) is 0 Å². The van der Waals surface area contributed by atoms with Gasteiger partial charge in [-0.25, -0.2) is 4.79 Å². The third kappa shape index (κ3) is 3.40. The molecule has 9 heteroatoms. The van der Waals surface area contributed by atoms with E-state index in [4.69, 9.17) is 11.6 Å². The van der Waals surface area contributed by atoms with E-state index in [9.17, 15) is 4.79 Å². The van der Waals surface area contributed by atoms with Gasteiger partial charge in [0.2, 0.25) is 0 Å². The van der Waals surface area contributed by atoms with Crippen molar-refractivity contribution < 1.29 is 0 Å². The molecule has 0 amide bonds. The standard InChI is InChI=1S/C15H14B3BrClN3O/c16-15(17,18)22-13-9-6-5-8(20)7-12(9)23(14(24)21-13)11-4-2-1-3-10(11)19/h1-7H,16-18H2,(H,21,22,24). The number of hydrogen-bond donors (Lipinski definition) is 1. The van der Waals surface area contributed by atoms with Crippen molar-refractivity contribution in [2.75, 3.05) is 5.32 Å². The number of hydrogen-bond acceptors (Lipinski definition) is 3. The molecule has 0 atom stereocenters.